The fourth-order valence-electron chi connectivity index (χ4n) is 4.27. The quantitative estimate of drug-likeness (QED) is 0.293. The van der Waals surface area contributed by atoms with Crippen LogP contribution in [0.15, 0.2) is 121 Å². The van der Waals surface area contributed by atoms with Gasteiger partial charge in [-0.2, -0.15) is 0 Å². The summed E-state index contributed by atoms with van der Waals surface area (Å²) in [4.78, 5) is 25.7. The highest BCUT2D eigenvalue weighted by molar-refractivity contribution is 6.08. The van der Waals surface area contributed by atoms with Gasteiger partial charge in [0.2, 0.25) is 0 Å². The van der Waals surface area contributed by atoms with E-state index in [1.54, 1.807) is 24.3 Å². The first kappa shape index (κ1) is 24.0. The molecule has 0 saturated carbocycles. The lowest BCUT2D eigenvalue weighted by molar-refractivity contribution is 0.102. The van der Waals surface area contributed by atoms with Crippen LogP contribution in [-0.2, 0) is 0 Å². The van der Waals surface area contributed by atoms with Crippen LogP contribution in [0.4, 0.5) is 11.4 Å². The second-order valence-corrected chi connectivity index (χ2v) is 9.24. The van der Waals surface area contributed by atoms with E-state index >= 15 is 0 Å². The SMILES string of the molecule is CC1C=CC(c2ccc(NC(=O)c3cccc(C(=O)Nc4ccc(-c5ccccc5)cc4)c3)cc2)=CC1. The number of allylic oxidation sites excluding steroid dienone is 4. The van der Waals surface area contributed by atoms with Crippen LogP contribution >= 0.6 is 0 Å². The van der Waals surface area contributed by atoms with Gasteiger partial charge in [-0.3, -0.25) is 9.59 Å². The standard InChI is InChI=1S/C33H28N2O2/c1-23-10-12-25(13-11-23)27-16-20-31(21-17-27)35-33(37)29-9-5-8-28(22-29)32(36)34-30-18-14-26(15-19-30)24-6-3-2-4-7-24/h2-10,12-23H,11H2,1H3,(H,34,36)(H,35,37). The average molecular weight is 485 g/mol. The van der Waals surface area contributed by atoms with Gasteiger partial charge in [-0.15, -0.1) is 0 Å². The minimum atomic E-state index is -0.269. The summed E-state index contributed by atoms with van der Waals surface area (Å²) in [5.41, 5.74) is 6.75. The fourth-order valence-corrected chi connectivity index (χ4v) is 4.27. The maximum atomic E-state index is 12.9. The Balaban J connectivity index is 1.22. The zero-order valence-electron chi connectivity index (χ0n) is 20.6. The van der Waals surface area contributed by atoms with Crippen molar-refractivity contribution in [1.29, 1.82) is 0 Å². The van der Waals surface area contributed by atoms with Gasteiger partial charge in [0.25, 0.3) is 11.8 Å². The van der Waals surface area contributed by atoms with Crippen molar-refractivity contribution in [3.63, 3.8) is 0 Å². The average Bonchev–Trinajstić information content (AvgIpc) is 2.95. The predicted octanol–water partition coefficient (Wildman–Crippen LogP) is 7.84. The summed E-state index contributed by atoms with van der Waals surface area (Å²) in [5.74, 6) is 0.0372. The van der Waals surface area contributed by atoms with Gasteiger partial charge >= 0.3 is 0 Å². The van der Waals surface area contributed by atoms with E-state index in [4.69, 9.17) is 0 Å². The van der Waals surface area contributed by atoms with Gasteiger partial charge in [0.1, 0.15) is 0 Å². The molecule has 2 amide bonds. The first-order valence-corrected chi connectivity index (χ1v) is 12.4. The molecular weight excluding hydrogens is 456 g/mol. The molecule has 1 atom stereocenters. The zero-order chi connectivity index (χ0) is 25.6. The molecule has 4 heteroatoms. The number of amides is 2. The Labute approximate surface area is 217 Å². The van der Waals surface area contributed by atoms with E-state index in [0.29, 0.717) is 28.4 Å². The van der Waals surface area contributed by atoms with E-state index in [1.165, 1.54) is 5.57 Å². The molecule has 0 heterocycles. The van der Waals surface area contributed by atoms with Crippen LogP contribution in [0.25, 0.3) is 16.7 Å². The lowest BCUT2D eigenvalue weighted by atomic mass is 9.94. The van der Waals surface area contributed by atoms with Crippen LogP contribution < -0.4 is 10.6 Å². The summed E-state index contributed by atoms with van der Waals surface area (Å²) in [7, 11) is 0. The first-order chi connectivity index (χ1) is 18.0. The first-order valence-electron chi connectivity index (χ1n) is 12.4. The summed E-state index contributed by atoms with van der Waals surface area (Å²) in [6.07, 6.45) is 7.64. The molecule has 4 aromatic carbocycles. The van der Waals surface area contributed by atoms with Gasteiger partial charge in [-0.05, 0) is 77.1 Å². The molecule has 0 aliphatic heterocycles. The summed E-state index contributed by atoms with van der Waals surface area (Å²) in [6, 6.07) is 32.3. The smallest absolute Gasteiger partial charge is 0.255 e. The topological polar surface area (TPSA) is 58.2 Å². The highest BCUT2D eigenvalue weighted by Crippen LogP contribution is 2.25. The number of carbonyl (C=O) groups excluding carboxylic acids is 2. The molecule has 2 N–H and O–H groups in total. The Morgan fingerprint density at radius 3 is 1.73 bits per heavy atom. The summed E-state index contributed by atoms with van der Waals surface area (Å²) in [6.45, 7) is 2.20. The number of benzene rings is 4. The number of anilines is 2. The second-order valence-electron chi connectivity index (χ2n) is 9.24. The Hall–Kier alpha value is -4.70. The molecule has 4 aromatic rings. The summed E-state index contributed by atoms with van der Waals surface area (Å²) < 4.78 is 0. The number of hydrogen-bond donors (Lipinski definition) is 2. The molecule has 5 rings (SSSR count). The van der Waals surface area contributed by atoms with Gasteiger partial charge in [0.05, 0.1) is 0 Å². The number of carbonyl (C=O) groups is 2. The van der Waals surface area contributed by atoms with Crippen molar-refractivity contribution in [2.45, 2.75) is 13.3 Å². The monoisotopic (exact) mass is 484 g/mol. The van der Waals surface area contributed by atoms with E-state index in [9.17, 15) is 9.59 Å². The van der Waals surface area contributed by atoms with Crippen molar-refractivity contribution >= 4 is 28.8 Å². The van der Waals surface area contributed by atoms with Gasteiger partial charge < -0.3 is 10.6 Å². The molecule has 1 aliphatic rings. The minimum absolute atomic E-state index is 0.264. The van der Waals surface area contributed by atoms with Crippen molar-refractivity contribution in [2.24, 2.45) is 5.92 Å². The molecule has 0 bridgehead atoms. The van der Waals surface area contributed by atoms with Crippen molar-refractivity contribution in [2.75, 3.05) is 10.6 Å². The molecule has 0 saturated heterocycles. The van der Waals surface area contributed by atoms with Crippen LogP contribution in [0.3, 0.4) is 0 Å². The Morgan fingerprint density at radius 1 is 0.649 bits per heavy atom. The molecule has 0 aromatic heterocycles. The lowest BCUT2D eigenvalue weighted by Gasteiger charge is -2.13. The third kappa shape index (κ3) is 5.93. The van der Waals surface area contributed by atoms with Gasteiger partial charge in [-0.1, -0.05) is 85.8 Å². The van der Waals surface area contributed by atoms with Gasteiger partial charge in [-0.25, -0.2) is 0 Å². The highest BCUT2D eigenvalue weighted by atomic mass is 16.2. The minimum Gasteiger partial charge on any atom is -0.322 e. The second kappa shape index (κ2) is 10.9. The van der Waals surface area contributed by atoms with Crippen molar-refractivity contribution in [3.8, 4) is 11.1 Å². The lowest BCUT2D eigenvalue weighted by Crippen LogP contribution is -2.15. The van der Waals surface area contributed by atoms with Crippen LogP contribution in [-0.4, -0.2) is 11.8 Å². The van der Waals surface area contributed by atoms with Crippen LogP contribution in [0, 0.1) is 5.92 Å². The van der Waals surface area contributed by atoms with Crippen LogP contribution in [0.2, 0.25) is 0 Å². The maximum absolute atomic E-state index is 12.9. The van der Waals surface area contributed by atoms with E-state index in [1.807, 2.05) is 78.9 Å². The van der Waals surface area contributed by atoms with E-state index < -0.39 is 0 Å². The van der Waals surface area contributed by atoms with E-state index in [2.05, 4.69) is 35.8 Å². The largest absolute Gasteiger partial charge is 0.322 e. The van der Waals surface area contributed by atoms with Gasteiger partial charge in [0, 0.05) is 22.5 Å². The maximum Gasteiger partial charge on any atom is 0.255 e. The Morgan fingerprint density at radius 2 is 1.19 bits per heavy atom. The third-order valence-electron chi connectivity index (χ3n) is 6.43. The number of hydrogen-bond acceptors (Lipinski definition) is 2. The van der Waals surface area contributed by atoms with Crippen molar-refractivity contribution in [3.05, 3.63) is 138 Å². The molecule has 1 aliphatic carbocycles. The van der Waals surface area contributed by atoms with Crippen LogP contribution in [0.5, 0.6) is 0 Å². The third-order valence-corrected chi connectivity index (χ3v) is 6.43. The fraction of sp³-hybridized carbons (Fsp3) is 0.0909. The molecule has 0 radical (unpaired) electrons. The number of rotatable bonds is 6. The molecule has 37 heavy (non-hydrogen) atoms. The Bertz CT molecular complexity index is 1470. The highest BCUT2D eigenvalue weighted by Gasteiger charge is 2.12. The zero-order valence-corrected chi connectivity index (χ0v) is 20.6. The van der Waals surface area contributed by atoms with Crippen LogP contribution in [0.1, 0.15) is 39.6 Å². The molecule has 182 valence electrons. The normalized spacial score (nSPS) is 14.5. The summed E-state index contributed by atoms with van der Waals surface area (Å²) >= 11 is 0. The Kier molecular flexibility index (Phi) is 7.09. The van der Waals surface area contributed by atoms with E-state index in [-0.39, 0.29) is 11.8 Å². The molecule has 1 unspecified atom stereocenters. The molecule has 0 fully saturated rings. The predicted molar refractivity (Wildman–Crippen MR) is 152 cm³/mol. The number of nitrogens with one attached hydrogen (secondary N) is 2. The molecule has 4 nitrogen and oxygen atoms in total. The molecular formula is C33H28N2O2. The van der Waals surface area contributed by atoms with E-state index in [0.717, 1.165) is 23.1 Å². The molecule has 0 spiro atoms. The van der Waals surface area contributed by atoms with Crippen molar-refractivity contribution < 1.29 is 9.59 Å². The van der Waals surface area contributed by atoms with Gasteiger partial charge in [0.15, 0.2) is 0 Å². The summed E-state index contributed by atoms with van der Waals surface area (Å²) in [5, 5.41) is 5.84. The van der Waals surface area contributed by atoms with Crippen molar-refractivity contribution in [1.82, 2.24) is 0 Å².